The molecule has 27 heavy (non-hydrogen) atoms. The summed E-state index contributed by atoms with van der Waals surface area (Å²) in [6.45, 7) is 0.775. The van der Waals surface area contributed by atoms with Crippen LogP contribution in [0.15, 0.2) is 72.7 Å². The highest BCUT2D eigenvalue weighted by Crippen LogP contribution is 2.28. The average molecular weight is 386 g/mol. The number of fused-ring (bicyclic) bond motifs is 2. The van der Waals surface area contributed by atoms with Crippen LogP contribution >= 0.6 is 0 Å². The Labute approximate surface area is 156 Å². The molecule has 0 bridgehead atoms. The highest BCUT2D eigenvalue weighted by Gasteiger charge is 2.18. The maximum absolute atomic E-state index is 11.5. The summed E-state index contributed by atoms with van der Waals surface area (Å²) in [6, 6.07) is 7.59. The van der Waals surface area contributed by atoms with Crippen molar-refractivity contribution in [1.82, 2.24) is 9.47 Å². The average Bonchev–Trinajstić information content (AvgIpc) is 3.00. The minimum absolute atomic E-state index is 0.330. The van der Waals surface area contributed by atoms with Crippen LogP contribution in [0.5, 0.6) is 0 Å². The van der Waals surface area contributed by atoms with Gasteiger partial charge in [-0.1, -0.05) is 24.3 Å². The van der Waals surface area contributed by atoms with Crippen molar-refractivity contribution in [3.63, 3.8) is 0 Å². The molecule has 2 aromatic rings. The molecule has 0 spiro atoms. The zero-order chi connectivity index (χ0) is 19.6. The summed E-state index contributed by atoms with van der Waals surface area (Å²) in [5.74, 6) is -0.902. The Bertz CT molecular complexity index is 1110. The number of hydrogen-bond acceptors (Lipinski definition) is 4. The number of carboxylic acid groups (broad SMARTS) is 1. The third-order valence-corrected chi connectivity index (χ3v) is 3.99. The summed E-state index contributed by atoms with van der Waals surface area (Å²) in [5, 5.41) is 10.2. The molecule has 2 aliphatic rings. The van der Waals surface area contributed by atoms with E-state index >= 15 is 0 Å². The summed E-state index contributed by atoms with van der Waals surface area (Å²) in [5.41, 5.74) is 3.34. The third kappa shape index (κ3) is 4.36. The summed E-state index contributed by atoms with van der Waals surface area (Å²) in [6.07, 6.45) is 14.7. The molecule has 0 fully saturated rings. The minimum atomic E-state index is -3.67. The summed E-state index contributed by atoms with van der Waals surface area (Å²) >= 11 is 0. The van der Waals surface area contributed by atoms with E-state index in [4.69, 9.17) is 4.55 Å². The van der Waals surface area contributed by atoms with Crippen molar-refractivity contribution < 1.29 is 22.9 Å². The lowest BCUT2D eigenvalue weighted by Crippen LogP contribution is -2.21. The van der Waals surface area contributed by atoms with Gasteiger partial charge in [0, 0.05) is 35.7 Å². The van der Waals surface area contributed by atoms with E-state index in [9.17, 15) is 18.3 Å². The van der Waals surface area contributed by atoms with E-state index in [1.54, 1.807) is 6.20 Å². The van der Waals surface area contributed by atoms with Crippen molar-refractivity contribution in [3.05, 3.63) is 78.3 Å². The Morgan fingerprint density at radius 2 is 1.85 bits per heavy atom. The van der Waals surface area contributed by atoms with Gasteiger partial charge in [-0.25, -0.2) is 4.79 Å². The first-order chi connectivity index (χ1) is 12.7. The fraction of sp³-hybridized carbons (Fsp3) is 0.105. The molecule has 1 aromatic heterocycles. The molecule has 2 aliphatic heterocycles. The summed E-state index contributed by atoms with van der Waals surface area (Å²) in [4.78, 5) is 13.6. The number of aromatic nitrogens is 1. The molecule has 0 aliphatic carbocycles. The van der Waals surface area contributed by atoms with Crippen LogP contribution in [0.1, 0.15) is 10.4 Å². The van der Waals surface area contributed by atoms with Crippen LogP contribution in [0.4, 0.5) is 0 Å². The SMILES string of the molecule is CS(=O)(=O)O.O=C(O)c1cn(C2=CCN3C=CC=CC3=C2)c2ccccc12. The Hall–Kier alpha value is -3.10. The van der Waals surface area contributed by atoms with Crippen LogP contribution in [0.25, 0.3) is 16.6 Å². The van der Waals surface area contributed by atoms with Crippen molar-refractivity contribution in [1.29, 1.82) is 0 Å². The second kappa shape index (κ2) is 7.26. The normalized spacial score (nSPS) is 15.6. The minimum Gasteiger partial charge on any atom is -0.478 e. The molecule has 0 atom stereocenters. The number of benzene rings is 1. The van der Waals surface area contributed by atoms with E-state index < -0.39 is 16.1 Å². The number of para-hydroxylation sites is 1. The fourth-order valence-corrected chi connectivity index (χ4v) is 2.92. The quantitative estimate of drug-likeness (QED) is 0.770. The second-order valence-electron chi connectivity index (χ2n) is 6.02. The lowest BCUT2D eigenvalue weighted by atomic mass is 10.1. The standard InChI is InChI=1S/C18H14N2O2.CH4O3S/c21-18(22)16-12-20(17-7-2-1-6-15(16)17)14-8-10-19-9-4-3-5-13(19)11-14;1-5(2,3)4/h1-9,11-12H,10H2,(H,21,22);1H3,(H,2,3,4). The first-order valence-corrected chi connectivity index (χ1v) is 9.88. The molecule has 140 valence electrons. The van der Waals surface area contributed by atoms with E-state index in [2.05, 4.69) is 23.1 Å². The number of carbonyl (C=O) groups is 1. The van der Waals surface area contributed by atoms with Crippen LogP contribution in [0, 0.1) is 0 Å². The molecule has 4 rings (SSSR count). The highest BCUT2D eigenvalue weighted by molar-refractivity contribution is 7.85. The number of nitrogens with zero attached hydrogens (tertiary/aromatic N) is 2. The van der Waals surface area contributed by atoms with Crippen LogP contribution in [0.3, 0.4) is 0 Å². The summed E-state index contributed by atoms with van der Waals surface area (Å²) < 4.78 is 27.8. The first kappa shape index (κ1) is 18.7. The van der Waals surface area contributed by atoms with Crippen molar-refractivity contribution in [2.45, 2.75) is 0 Å². The smallest absolute Gasteiger partial charge is 0.337 e. The van der Waals surface area contributed by atoms with Gasteiger partial charge in [0.2, 0.25) is 0 Å². The number of aromatic carboxylic acids is 1. The fourth-order valence-electron chi connectivity index (χ4n) is 2.92. The molecule has 0 saturated carbocycles. The maximum Gasteiger partial charge on any atom is 0.337 e. The van der Waals surface area contributed by atoms with E-state index in [1.807, 2.05) is 47.2 Å². The molecule has 0 amide bonds. The van der Waals surface area contributed by atoms with Gasteiger partial charge in [-0.15, -0.1) is 0 Å². The Morgan fingerprint density at radius 3 is 2.56 bits per heavy atom. The molecule has 0 unspecified atom stereocenters. The van der Waals surface area contributed by atoms with Gasteiger partial charge in [-0.3, -0.25) is 4.55 Å². The Balaban J connectivity index is 0.000000376. The number of rotatable bonds is 2. The zero-order valence-electron chi connectivity index (χ0n) is 14.5. The van der Waals surface area contributed by atoms with Crippen LogP contribution in [-0.4, -0.2) is 46.3 Å². The number of hydrogen-bond donors (Lipinski definition) is 2. The molecule has 2 N–H and O–H groups in total. The van der Waals surface area contributed by atoms with E-state index in [1.165, 1.54) is 0 Å². The van der Waals surface area contributed by atoms with Crippen LogP contribution < -0.4 is 0 Å². The van der Waals surface area contributed by atoms with E-state index in [-0.39, 0.29) is 0 Å². The predicted molar refractivity (Wildman–Crippen MR) is 104 cm³/mol. The summed E-state index contributed by atoms with van der Waals surface area (Å²) in [7, 11) is -3.67. The van der Waals surface area contributed by atoms with Gasteiger partial charge in [0.05, 0.1) is 17.3 Å². The molecular weight excluding hydrogens is 368 g/mol. The lowest BCUT2D eigenvalue weighted by Gasteiger charge is -2.27. The molecule has 0 saturated heterocycles. The van der Waals surface area contributed by atoms with Gasteiger partial charge in [-0.05, 0) is 30.4 Å². The third-order valence-electron chi connectivity index (χ3n) is 3.99. The highest BCUT2D eigenvalue weighted by atomic mass is 32.2. The molecule has 8 heteroatoms. The van der Waals surface area contributed by atoms with Gasteiger partial charge >= 0.3 is 5.97 Å². The predicted octanol–water partition coefficient (Wildman–Crippen LogP) is 2.97. The Morgan fingerprint density at radius 1 is 1.15 bits per heavy atom. The second-order valence-corrected chi connectivity index (χ2v) is 7.49. The maximum atomic E-state index is 11.5. The lowest BCUT2D eigenvalue weighted by molar-refractivity contribution is 0.0699. The van der Waals surface area contributed by atoms with Gasteiger partial charge in [0.1, 0.15) is 0 Å². The van der Waals surface area contributed by atoms with Crippen molar-refractivity contribution >= 4 is 32.7 Å². The molecule has 7 nitrogen and oxygen atoms in total. The van der Waals surface area contributed by atoms with Gasteiger partial charge in [-0.2, -0.15) is 8.42 Å². The number of carboxylic acids is 1. The molecule has 0 radical (unpaired) electrons. The molecule has 3 heterocycles. The first-order valence-electron chi connectivity index (χ1n) is 8.03. The monoisotopic (exact) mass is 386 g/mol. The van der Waals surface area contributed by atoms with Crippen molar-refractivity contribution in [3.8, 4) is 0 Å². The van der Waals surface area contributed by atoms with Gasteiger partial charge < -0.3 is 14.6 Å². The van der Waals surface area contributed by atoms with Gasteiger partial charge in [0.15, 0.2) is 0 Å². The van der Waals surface area contributed by atoms with Gasteiger partial charge in [0.25, 0.3) is 10.1 Å². The zero-order valence-corrected chi connectivity index (χ0v) is 15.3. The molecular formula is C19H18N2O5S. The van der Waals surface area contributed by atoms with E-state index in [0.717, 1.165) is 28.8 Å². The van der Waals surface area contributed by atoms with Crippen molar-refractivity contribution in [2.75, 3.05) is 12.8 Å². The number of allylic oxidation sites excluding steroid dienone is 5. The van der Waals surface area contributed by atoms with E-state index in [0.29, 0.717) is 11.8 Å². The van der Waals surface area contributed by atoms with Crippen molar-refractivity contribution in [2.24, 2.45) is 0 Å². The molecule has 1 aromatic carbocycles. The largest absolute Gasteiger partial charge is 0.478 e. The Kier molecular flexibility index (Phi) is 5.02. The van der Waals surface area contributed by atoms with Crippen LogP contribution in [-0.2, 0) is 10.1 Å². The van der Waals surface area contributed by atoms with Crippen LogP contribution in [0.2, 0.25) is 0 Å². The topological polar surface area (TPSA) is 99.8 Å².